The maximum absolute atomic E-state index is 11.5. The topological polar surface area (TPSA) is 54.3 Å². The third-order valence-corrected chi connectivity index (χ3v) is 3.33. The SMILES string of the molecule is O=C(NO)c1ccc2ccn(Cc3ccccc3)c2c1. The molecule has 0 spiro atoms. The minimum absolute atomic E-state index is 0.438. The van der Waals surface area contributed by atoms with E-state index in [-0.39, 0.29) is 0 Å². The average Bonchev–Trinajstić information content (AvgIpc) is 2.90. The molecule has 2 N–H and O–H groups in total. The van der Waals surface area contributed by atoms with Crippen molar-refractivity contribution in [3.63, 3.8) is 0 Å². The number of amides is 1. The zero-order valence-electron chi connectivity index (χ0n) is 10.8. The molecule has 3 rings (SSSR count). The Morgan fingerprint density at radius 1 is 1.10 bits per heavy atom. The number of aromatic nitrogens is 1. The maximum Gasteiger partial charge on any atom is 0.274 e. The molecule has 0 aliphatic rings. The van der Waals surface area contributed by atoms with Gasteiger partial charge < -0.3 is 4.57 Å². The lowest BCUT2D eigenvalue weighted by molar-refractivity contribution is 0.0706. The van der Waals surface area contributed by atoms with Gasteiger partial charge >= 0.3 is 0 Å². The highest BCUT2D eigenvalue weighted by molar-refractivity contribution is 5.97. The molecular weight excluding hydrogens is 252 g/mol. The van der Waals surface area contributed by atoms with E-state index in [0.29, 0.717) is 5.56 Å². The van der Waals surface area contributed by atoms with Gasteiger partial charge in [0.2, 0.25) is 0 Å². The van der Waals surface area contributed by atoms with Crippen LogP contribution in [0.1, 0.15) is 15.9 Å². The Hall–Kier alpha value is -2.59. The summed E-state index contributed by atoms with van der Waals surface area (Å²) in [6.45, 7) is 0.745. The van der Waals surface area contributed by atoms with Crippen LogP contribution in [0.4, 0.5) is 0 Å². The highest BCUT2D eigenvalue weighted by Crippen LogP contribution is 2.19. The highest BCUT2D eigenvalue weighted by Gasteiger charge is 2.07. The van der Waals surface area contributed by atoms with Gasteiger partial charge in [-0.2, -0.15) is 0 Å². The van der Waals surface area contributed by atoms with Gasteiger partial charge in [-0.25, -0.2) is 5.48 Å². The van der Waals surface area contributed by atoms with E-state index in [9.17, 15) is 4.79 Å². The molecule has 0 saturated heterocycles. The summed E-state index contributed by atoms with van der Waals surface area (Å²) in [5.74, 6) is -0.501. The predicted molar refractivity (Wildman–Crippen MR) is 76.7 cm³/mol. The predicted octanol–water partition coefficient (Wildman–Crippen LogP) is 2.81. The molecule has 1 aromatic heterocycles. The first-order valence-electron chi connectivity index (χ1n) is 6.35. The number of nitrogens with one attached hydrogen (secondary N) is 1. The Kier molecular flexibility index (Phi) is 3.23. The first kappa shape index (κ1) is 12.4. The van der Waals surface area contributed by atoms with Crippen LogP contribution >= 0.6 is 0 Å². The molecule has 0 bridgehead atoms. The molecule has 0 aliphatic carbocycles. The van der Waals surface area contributed by atoms with Crippen LogP contribution in [-0.4, -0.2) is 15.7 Å². The van der Waals surface area contributed by atoms with E-state index < -0.39 is 5.91 Å². The van der Waals surface area contributed by atoms with Crippen LogP contribution in [0.3, 0.4) is 0 Å². The van der Waals surface area contributed by atoms with Crippen molar-refractivity contribution in [2.24, 2.45) is 0 Å². The smallest absolute Gasteiger partial charge is 0.274 e. The zero-order chi connectivity index (χ0) is 13.9. The minimum atomic E-state index is -0.501. The molecule has 20 heavy (non-hydrogen) atoms. The number of benzene rings is 2. The maximum atomic E-state index is 11.5. The van der Waals surface area contributed by atoms with Gasteiger partial charge in [0.1, 0.15) is 0 Å². The van der Waals surface area contributed by atoms with Crippen molar-refractivity contribution in [1.29, 1.82) is 0 Å². The van der Waals surface area contributed by atoms with Crippen LogP contribution in [-0.2, 0) is 6.54 Å². The number of hydrogen-bond acceptors (Lipinski definition) is 2. The van der Waals surface area contributed by atoms with E-state index in [1.54, 1.807) is 17.6 Å². The van der Waals surface area contributed by atoms with Crippen LogP contribution < -0.4 is 5.48 Å². The van der Waals surface area contributed by atoms with Crippen molar-refractivity contribution in [2.75, 3.05) is 0 Å². The molecule has 0 unspecified atom stereocenters. The Balaban J connectivity index is 2.01. The number of carbonyl (C=O) groups excluding carboxylic acids is 1. The fourth-order valence-electron chi connectivity index (χ4n) is 2.31. The van der Waals surface area contributed by atoms with E-state index in [0.717, 1.165) is 17.4 Å². The molecular formula is C16H14N2O2. The Morgan fingerprint density at radius 3 is 2.65 bits per heavy atom. The largest absolute Gasteiger partial charge is 0.343 e. The zero-order valence-corrected chi connectivity index (χ0v) is 10.8. The van der Waals surface area contributed by atoms with Gasteiger partial charge in [-0.15, -0.1) is 0 Å². The van der Waals surface area contributed by atoms with Crippen molar-refractivity contribution in [2.45, 2.75) is 6.54 Å². The summed E-state index contributed by atoms with van der Waals surface area (Å²) < 4.78 is 2.08. The molecule has 0 radical (unpaired) electrons. The monoisotopic (exact) mass is 266 g/mol. The van der Waals surface area contributed by atoms with E-state index in [4.69, 9.17) is 5.21 Å². The van der Waals surface area contributed by atoms with Crippen LogP contribution in [0.2, 0.25) is 0 Å². The first-order valence-corrected chi connectivity index (χ1v) is 6.35. The number of fused-ring (bicyclic) bond motifs is 1. The highest BCUT2D eigenvalue weighted by atomic mass is 16.5. The second kappa shape index (κ2) is 5.19. The Labute approximate surface area is 116 Å². The van der Waals surface area contributed by atoms with Gasteiger partial charge in [0.25, 0.3) is 5.91 Å². The Bertz CT molecular complexity index is 748. The number of carbonyl (C=O) groups is 1. The lowest BCUT2D eigenvalue weighted by atomic mass is 10.1. The van der Waals surface area contributed by atoms with Gasteiger partial charge in [-0.05, 0) is 29.1 Å². The Morgan fingerprint density at radius 2 is 1.90 bits per heavy atom. The quantitative estimate of drug-likeness (QED) is 0.565. The van der Waals surface area contributed by atoms with Crippen molar-refractivity contribution in [1.82, 2.24) is 10.0 Å². The van der Waals surface area contributed by atoms with E-state index in [1.165, 1.54) is 5.56 Å². The molecule has 100 valence electrons. The fourth-order valence-corrected chi connectivity index (χ4v) is 2.31. The molecule has 3 aromatic rings. The van der Waals surface area contributed by atoms with Crippen LogP contribution in [0.5, 0.6) is 0 Å². The molecule has 0 atom stereocenters. The third kappa shape index (κ3) is 2.29. The molecule has 1 heterocycles. The van der Waals surface area contributed by atoms with Crippen LogP contribution in [0.25, 0.3) is 10.9 Å². The number of nitrogens with zero attached hydrogens (tertiary/aromatic N) is 1. The average molecular weight is 266 g/mol. The van der Waals surface area contributed by atoms with Crippen molar-refractivity contribution in [3.05, 3.63) is 71.9 Å². The summed E-state index contributed by atoms with van der Waals surface area (Å²) in [6.07, 6.45) is 2.00. The normalized spacial score (nSPS) is 10.7. The second-order valence-corrected chi connectivity index (χ2v) is 4.64. The van der Waals surface area contributed by atoms with E-state index in [2.05, 4.69) is 16.7 Å². The fraction of sp³-hybridized carbons (Fsp3) is 0.0625. The molecule has 2 aromatic carbocycles. The van der Waals surface area contributed by atoms with Gasteiger partial charge in [0.05, 0.1) is 0 Å². The summed E-state index contributed by atoms with van der Waals surface area (Å²) in [4.78, 5) is 11.5. The summed E-state index contributed by atoms with van der Waals surface area (Å²) >= 11 is 0. The van der Waals surface area contributed by atoms with Crippen LogP contribution in [0, 0.1) is 0 Å². The van der Waals surface area contributed by atoms with Crippen LogP contribution in [0.15, 0.2) is 60.8 Å². The number of hydrogen-bond donors (Lipinski definition) is 2. The first-order chi connectivity index (χ1) is 9.78. The summed E-state index contributed by atoms with van der Waals surface area (Å²) in [5.41, 5.74) is 4.26. The van der Waals surface area contributed by atoms with Crippen molar-refractivity contribution >= 4 is 16.8 Å². The number of hydroxylamine groups is 1. The van der Waals surface area contributed by atoms with Gasteiger partial charge in [-0.3, -0.25) is 10.0 Å². The summed E-state index contributed by atoms with van der Waals surface area (Å²) in [6, 6.07) is 17.5. The second-order valence-electron chi connectivity index (χ2n) is 4.64. The molecule has 4 nitrogen and oxygen atoms in total. The molecule has 1 amide bonds. The molecule has 0 saturated carbocycles. The lowest BCUT2D eigenvalue weighted by Gasteiger charge is -2.06. The van der Waals surface area contributed by atoms with E-state index >= 15 is 0 Å². The van der Waals surface area contributed by atoms with Gasteiger partial charge in [-0.1, -0.05) is 36.4 Å². The lowest BCUT2D eigenvalue weighted by Crippen LogP contribution is -2.18. The standard InChI is InChI=1S/C16H14N2O2/c19-16(17-20)14-7-6-13-8-9-18(15(13)10-14)11-12-4-2-1-3-5-12/h1-10,20H,11H2,(H,17,19). The molecule has 0 aliphatic heterocycles. The molecule has 0 fully saturated rings. The summed E-state index contributed by atoms with van der Waals surface area (Å²) in [7, 11) is 0. The number of rotatable bonds is 3. The van der Waals surface area contributed by atoms with E-state index in [1.807, 2.05) is 36.5 Å². The summed E-state index contributed by atoms with van der Waals surface area (Å²) in [5, 5.41) is 9.77. The van der Waals surface area contributed by atoms with Gasteiger partial charge in [0, 0.05) is 23.8 Å². The van der Waals surface area contributed by atoms with Crippen molar-refractivity contribution in [3.8, 4) is 0 Å². The molecule has 4 heteroatoms. The third-order valence-electron chi connectivity index (χ3n) is 3.33. The minimum Gasteiger partial charge on any atom is -0.343 e. The van der Waals surface area contributed by atoms with Gasteiger partial charge in [0.15, 0.2) is 0 Å². The van der Waals surface area contributed by atoms with Crippen molar-refractivity contribution < 1.29 is 10.0 Å².